The van der Waals surface area contributed by atoms with E-state index in [1.54, 1.807) is 20.9 Å². The Morgan fingerprint density at radius 2 is 2.00 bits per heavy atom. The van der Waals surface area contributed by atoms with E-state index >= 15 is 0 Å². The van der Waals surface area contributed by atoms with Crippen LogP contribution in [0.4, 0.5) is 0 Å². The van der Waals surface area contributed by atoms with Crippen LogP contribution in [-0.2, 0) is 18.5 Å². The molecule has 0 amide bonds. The zero-order valence-corrected chi connectivity index (χ0v) is 10.9. The van der Waals surface area contributed by atoms with Gasteiger partial charge in [0, 0.05) is 13.5 Å². The molecule has 0 aromatic carbocycles. The van der Waals surface area contributed by atoms with Crippen molar-refractivity contribution in [2.45, 2.75) is 32.2 Å². The van der Waals surface area contributed by atoms with Gasteiger partial charge < -0.3 is 14.2 Å². The Morgan fingerprint density at radius 1 is 1.44 bits per heavy atom. The van der Waals surface area contributed by atoms with Crippen molar-refractivity contribution >= 4 is 7.60 Å². The van der Waals surface area contributed by atoms with Gasteiger partial charge in [0.25, 0.3) is 0 Å². The first-order chi connectivity index (χ1) is 7.57. The van der Waals surface area contributed by atoms with E-state index in [1.807, 2.05) is 0 Å². The third-order valence-corrected chi connectivity index (χ3v) is 4.90. The molecule has 2 atom stereocenters. The van der Waals surface area contributed by atoms with Gasteiger partial charge in [0.15, 0.2) is 0 Å². The molecule has 16 heavy (non-hydrogen) atoms. The lowest BCUT2D eigenvalue weighted by Crippen LogP contribution is -2.25. The van der Waals surface area contributed by atoms with Gasteiger partial charge in [-0.25, -0.2) is 0 Å². The van der Waals surface area contributed by atoms with Crippen molar-refractivity contribution in [3.8, 4) is 0 Å². The van der Waals surface area contributed by atoms with Crippen LogP contribution in [0.5, 0.6) is 0 Å². The lowest BCUT2D eigenvalue weighted by atomic mass is 10.3. The Labute approximate surface area is 96.0 Å². The van der Waals surface area contributed by atoms with E-state index in [2.05, 4.69) is 0 Å². The molecule has 0 radical (unpaired) electrons. The quantitative estimate of drug-likeness (QED) is 0.717. The maximum atomic E-state index is 12.4. The predicted octanol–water partition coefficient (Wildman–Crippen LogP) is 1.21. The van der Waals surface area contributed by atoms with Crippen molar-refractivity contribution in [1.29, 1.82) is 0 Å². The van der Waals surface area contributed by atoms with E-state index in [4.69, 9.17) is 19.0 Å². The van der Waals surface area contributed by atoms with Gasteiger partial charge in [-0.2, -0.15) is 5.06 Å². The maximum Gasteiger partial charge on any atom is 0.350 e. The highest BCUT2D eigenvalue weighted by Crippen LogP contribution is 2.57. The zero-order valence-electron chi connectivity index (χ0n) is 9.96. The van der Waals surface area contributed by atoms with Gasteiger partial charge in [0.05, 0.1) is 19.8 Å². The van der Waals surface area contributed by atoms with E-state index in [9.17, 15) is 4.57 Å². The predicted molar refractivity (Wildman–Crippen MR) is 59.0 cm³/mol. The first-order valence-electron chi connectivity index (χ1n) is 5.46. The summed E-state index contributed by atoms with van der Waals surface area (Å²) in [6.07, 6.45) is 0.119. The molecule has 0 spiro atoms. The molecule has 1 saturated heterocycles. The fraction of sp³-hybridized carbons (Fsp3) is 1.00. The summed E-state index contributed by atoms with van der Waals surface area (Å²) in [4.78, 5) is 5.31. The largest absolute Gasteiger partial charge is 0.394 e. The molecule has 1 fully saturated rings. The zero-order chi connectivity index (χ0) is 12.2. The molecule has 0 bridgehead atoms. The first-order valence-corrected chi connectivity index (χ1v) is 7.07. The Balaban J connectivity index is 2.75. The number of rotatable bonds is 6. The van der Waals surface area contributed by atoms with Crippen molar-refractivity contribution in [2.24, 2.45) is 0 Å². The fourth-order valence-corrected chi connectivity index (χ4v) is 3.82. The van der Waals surface area contributed by atoms with E-state index in [0.29, 0.717) is 19.6 Å². The van der Waals surface area contributed by atoms with E-state index in [-0.39, 0.29) is 12.7 Å². The van der Waals surface area contributed by atoms with E-state index in [1.165, 1.54) is 5.06 Å². The molecule has 7 heteroatoms. The fourth-order valence-electron chi connectivity index (χ4n) is 1.74. The van der Waals surface area contributed by atoms with Crippen molar-refractivity contribution in [2.75, 3.05) is 26.9 Å². The van der Waals surface area contributed by atoms with Crippen LogP contribution in [0, 0.1) is 0 Å². The second-order valence-corrected chi connectivity index (χ2v) is 5.74. The molecule has 6 nitrogen and oxygen atoms in total. The lowest BCUT2D eigenvalue weighted by molar-refractivity contribution is -0.145. The molecule has 0 aromatic rings. The standard InChI is InChI=1S/C9H20NO5P/c1-4-13-16(12,14-5-2)9-6-8(7-11)15-10(9)3/h8-9,11H,4-7H2,1-3H3/t8-,9+/m1/s1. The molecule has 0 aliphatic carbocycles. The van der Waals surface area contributed by atoms with Gasteiger partial charge in [-0.15, -0.1) is 0 Å². The molecule has 1 heterocycles. The van der Waals surface area contributed by atoms with Crippen LogP contribution in [0.15, 0.2) is 0 Å². The average Bonchev–Trinajstić information content (AvgIpc) is 2.61. The summed E-state index contributed by atoms with van der Waals surface area (Å²) in [6, 6.07) is 0. The SMILES string of the molecule is CCOP(=O)(OCC)[C@H]1C[C@H](CO)ON1C. The van der Waals surface area contributed by atoms with Gasteiger partial charge in [-0.1, -0.05) is 0 Å². The maximum absolute atomic E-state index is 12.4. The van der Waals surface area contributed by atoms with Crippen LogP contribution in [-0.4, -0.2) is 48.9 Å². The normalized spacial score (nSPS) is 27.5. The first kappa shape index (κ1) is 14.1. The lowest BCUT2D eigenvalue weighted by Gasteiger charge is -2.25. The van der Waals surface area contributed by atoms with Gasteiger partial charge >= 0.3 is 7.60 Å². The Hall–Kier alpha value is 0.0300. The van der Waals surface area contributed by atoms with E-state index in [0.717, 1.165) is 0 Å². The van der Waals surface area contributed by atoms with Crippen molar-refractivity contribution < 1.29 is 23.6 Å². The molecule has 1 aliphatic heterocycles. The second kappa shape index (κ2) is 6.10. The van der Waals surface area contributed by atoms with Crippen LogP contribution < -0.4 is 0 Å². The molecule has 96 valence electrons. The van der Waals surface area contributed by atoms with Gasteiger partial charge in [0.2, 0.25) is 0 Å². The second-order valence-electron chi connectivity index (χ2n) is 3.55. The van der Waals surface area contributed by atoms with Gasteiger partial charge in [-0.3, -0.25) is 9.40 Å². The Kier molecular flexibility index (Phi) is 5.37. The third-order valence-electron chi connectivity index (χ3n) is 2.40. The molecule has 1 N–H and O–H groups in total. The molecule has 0 saturated carbocycles. The highest BCUT2D eigenvalue weighted by molar-refractivity contribution is 7.54. The van der Waals surface area contributed by atoms with E-state index < -0.39 is 13.4 Å². The van der Waals surface area contributed by atoms with Crippen LogP contribution >= 0.6 is 7.60 Å². The Morgan fingerprint density at radius 3 is 2.38 bits per heavy atom. The molecule has 1 rings (SSSR count). The summed E-state index contributed by atoms with van der Waals surface area (Å²) in [5.74, 6) is -0.440. The summed E-state index contributed by atoms with van der Waals surface area (Å²) in [7, 11) is -1.51. The summed E-state index contributed by atoms with van der Waals surface area (Å²) in [5, 5.41) is 10.5. The number of hydrogen-bond acceptors (Lipinski definition) is 6. The third kappa shape index (κ3) is 3.03. The molecular formula is C9H20NO5P. The topological polar surface area (TPSA) is 68.2 Å². The van der Waals surface area contributed by atoms with Crippen LogP contribution in [0.25, 0.3) is 0 Å². The summed E-state index contributed by atoms with van der Waals surface area (Å²) in [5.41, 5.74) is 0. The van der Waals surface area contributed by atoms with Gasteiger partial charge in [-0.05, 0) is 13.8 Å². The molecular weight excluding hydrogens is 233 g/mol. The summed E-state index contributed by atoms with van der Waals surface area (Å²) < 4.78 is 22.9. The number of hydroxylamine groups is 2. The highest BCUT2D eigenvalue weighted by Gasteiger charge is 2.45. The monoisotopic (exact) mass is 253 g/mol. The minimum atomic E-state index is -3.18. The van der Waals surface area contributed by atoms with Crippen molar-refractivity contribution in [3.63, 3.8) is 0 Å². The summed E-state index contributed by atoms with van der Waals surface area (Å²) in [6.45, 7) is 4.09. The molecule has 0 aromatic heterocycles. The number of hydrogen-bond donors (Lipinski definition) is 1. The number of aliphatic hydroxyl groups is 1. The van der Waals surface area contributed by atoms with Crippen LogP contribution in [0.1, 0.15) is 20.3 Å². The smallest absolute Gasteiger partial charge is 0.350 e. The molecule has 1 aliphatic rings. The number of nitrogens with zero attached hydrogens (tertiary/aromatic N) is 1. The average molecular weight is 253 g/mol. The Bertz CT molecular complexity index is 252. The van der Waals surface area contributed by atoms with Crippen LogP contribution in [0.3, 0.4) is 0 Å². The minimum Gasteiger partial charge on any atom is -0.394 e. The highest BCUT2D eigenvalue weighted by atomic mass is 31.2. The van der Waals surface area contributed by atoms with Crippen LogP contribution in [0.2, 0.25) is 0 Å². The minimum absolute atomic E-state index is 0.0981. The van der Waals surface area contributed by atoms with Crippen molar-refractivity contribution in [3.05, 3.63) is 0 Å². The van der Waals surface area contributed by atoms with Gasteiger partial charge in [0.1, 0.15) is 11.9 Å². The number of aliphatic hydroxyl groups excluding tert-OH is 1. The molecule has 0 unspecified atom stereocenters. The summed E-state index contributed by atoms with van der Waals surface area (Å²) >= 11 is 0. The van der Waals surface area contributed by atoms with Crippen molar-refractivity contribution in [1.82, 2.24) is 5.06 Å².